The highest BCUT2D eigenvalue weighted by atomic mass is 16.4. The first-order chi connectivity index (χ1) is 10.4. The second-order valence-electron chi connectivity index (χ2n) is 4.91. The van der Waals surface area contributed by atoms with Crippen molar-refractivity contribution in [1.82, 2.24) is 4.98 Å². The number of nitrogens with zero attached hydrogens (tertiary/aromatic N) is 1. The topological polar surface area (TPSA) is 52.0 Å². The van der Waals surface area contributed by atoms with Gasteiger partial charge in [-0.3, -0.25) is 0 Å². The summed E-state index contributed by atoms with van der Waals surface area (Å²) in [4.78, 5) is 4.67. The van der Waals surface area contributed by atoms with Gasteiger partial charge in [-0.1, -0.05) is 60.7 Å². The second kappa shape index (κ2) is 6.37. The van der Waals surface area contributed by atoms with Crippen molar-refractivity contribution < 1.29 is 4.42 Å². The highest BCUT2D eigenvalue weighted by Gasteiger charge is 2.16. The molecule has 0 bridgehead atoms. The Morgan fingerprint density at radius 1 is 0.857 bits per heavy atom. The fourth-order valence-electron chi connectivity index (χ4n) is 2.30. The van der Waals surface area contributed by atoms with Gasteiger partial charge in [0.1, 0.15) is 5.69 Å². The molecule has 0 amide bonds. The van der Waals surface area contributed by atoms with Crippen LogP contribution < -0.4 is 5.73 Å². The van der Waals surface area contributed by atoms with Crippen LogP contribution in [0.2, 0.25) is 0 Å². The average molecular weight is 278 g/mol. The SMILES string of the molecule is NCCCc1nc(-c2ccccc2)c(-c2ccccc2)o1. The largest absolute Gasteiger partial charge is 0.440 e. The van der Waals surface area contributed by atoms with Crippen molar-refractivity contribution in [2.24, 2.45) is 5.73 Å². The van der Waals surface area contributed by atoms with Gasteiger partial charge < -0.3 is 10.2 Å². The standard InChI is InChI=1S/C18H18N2O/c19-13-7-12-16-20-17(14-8-3-1-4-9-14)18(21-16)15-10-5-2-6-11-15/h1-6,8-11H,7,12-13,19H2. The summed E-state index contributed by atoms with van der Waals surface area (Å²) in [6, 6.07) is 20.2. The quantitative estimate of drug-likeness (QED) is 0.770. The molecule has 0 fully saturated rings. The monoisotopic (exact) mass is 278 g/mol. The molecule has 3 nitrogen and oxygen atoms in total. The van der Waals surface area contributed by atoms with E-state index >= 15 is 0 Å². The molecule has 1 heterocycles. The fourth-order valence-corrected chi connectivity index (χ4v) is 2.30. The van der Waals surface area contributed by atoms with Gasteiger partial charge in [0.15, 0.2) is 11.7 Å². The normalized spacial score (nSPS) is 10.7. The molecule has 0 spiro atoms. The molecule has 3 rings (SSSR count). The molecule has 106 valence electrons. The zero-order valence-corrected chi connectivity index (χ0v) is 11.8. The van der Waals surface area contributed by atoms with Gasteiger partial charge in [0.2, 0.25) is 0 Å². The van der Waals surface area contributed by atoms with Crippen LogP contribution >= 0.6 is 0 Å². The van der Waals surface area contributed by atoms with E-state index in [1.165, 1.54) is 0 Å². The third kappa shape index (κ3) is 3.03. The van der Waals surface area contributed by atoms with Gasteiger partial charge in [0, 0.05) is 17.5 Å². The van der Waals surface area contributed by atoms with E-state index in [1.54, 1.807) is 0 Å². The van der Waals surface area contributed by atoms with Gasteiger partial charge in [-0.05, 0) is 13.0 Å². The molecule has 0 aliphatic heterocycles. The maximum atomic E-state index is 5.99. The van der Waals surface area contributed by atoms with E-state index in [2.05, 4.69) is 17.1 Å². The van der Waals surface area contributed by atoms with Crippen LogP contribution in [0.4, 0.5) is 0 Å². The van der Waals surface area contributed by atoms with Gasteiger partial charge >= 0.3 is 0 Å². The Hall–Kier alpha value is -2.39. The van der Waals surface area contributed by atoms with Crippen molar-refractivity contribution in [2.45, 2.75) is 12.8 Å². The lowest BCUT2D eigenvalue weighted by Gasteiger charge is -2.00. The van der Waals surface area contributed by atoms with E-state index in [1.807, 2.05) is 48.5 Å². The number of nitrogens with two attached hydrogens (primary N) is 1. The molecule has 0 unspecified atom stereocenters. The molecule has 0 aliphatic carbocycles. The van der Waals surface area contributed by atoms with E-state index in [9.17, 15) is 0 Å². The van der Waals surface area contributed by atoms with E-state index in [-0.39, 0.29) is 0 Å². The highest BCUT2D eigenvalue weighted by molar-refractivity contribution is 5.76. The summed E-state index contributed by atoms with van der Waals surface area (Å²) < 4.78 is 5.99. The van der Waals surface area contributed by atoms with Gasteiger partial charge in [-0.15, -0.1) is 0 Å². The lowest BCUT2D eigenvalue weighted by atomic mass is 10.1. The predicted octanol–water partition coefficient (Wildman–Crippen LogP) is 3.90. The number of benzene rings is 2. The lowest BCUT2D eigenvalue weighted by Crippen LogP contribution is -2.00. The first-order valence-electron chi connectivity index (χ1n) is 7.19. The third-order valence-corrected chi connectivity index (χ3v) is 3.35. The Kier molecular flexibility index (Phi) is 4.12. The van der Waals surface area contributed by atoms with Crippen molar-refractivity contribution in [3.63, 3.8) is 0 Å². The number of hydrogen-bond donors (Lipinski definition) is 1. The van der Waals surface area contributed by atoms with Crippen LogP contribution in [-0.4, -0.2) is 11.5 Å². The second-order valence-corrected chi connectivity index (χ2v) is 4.91. The predicted molar refractivity (Wildman–Crippen MR) is 84.8 cm³/mol. The van der Waals surface area contributed by atoms with Crippen LogP contribution in [0.5, 0.6) is 0 Å². The first kappa shape index (κ1) is 13.6. The minimum atomic E-state index is 0.643. The van der Waals surface area contributed by atoms with Crippen molar-refractivity contribution in [1.29, 1.82) is 0 Å². The van der Waals surface area contributed by atoms with Crippen molar-refractivity contribution in [3.8, 4) is 22.6 Å². The molecule has 3 aromatic rings. The van der Waals surface area contributed by atoms with Crippen molar-refractivity contribution in [2.75, 3.05) is 6.54 Å². The Morgan fingerprint density at radius 2 is 1.48 bits per heavy atom. The number of hydrogen-bond acceptors (Lipinski definition) is 3. The molecule has 1 aromatic heterocycles. The van der Waals surface area contributed by atoms with E-state index in [4.69, 9.17) is 10.2 Å². The molecular weight excluding hydrogens is 260 g/mol. The molecule has 3 heteroatoms. The fraction of sp³-hybridized carbons (Fsp3) is 0.167. The van der Waals surface area contributed by atoms with Gasteiger partial charge in [-0.25, -0.2) is 4.98 Å². The number of aryl methyl sites for hydroxylation is 1. The highest BCUT2D eigenvalue weighted by Crippen LogP contribution is 2.32. The molecule has 0 aliphatic rings. The molecule has 0 saturated carbocycles. The number of oxazole rings is 1. The zero-order chi connectivity index (χ0) is 14.5. The average Bonchev–Trinajstić information content (AvgIpc) is 2.99. The number of aromatic nitrogens is 1. The zero-order valence-electron chi connectivity index (χ0n) is 11.8. The molecule has 2 aromatic carbocycles. The Balaban J connectivity index is 2.06. The van der Waals surface area contributed by atoms with Crippen LogP contribution in [0.1, 0.15) is 12.3 Å². The van der Waals surface area contributed by atoms with Crippen LogP contribution in [-0.2, 0) is 6.42 Å². The maximum Gasteiger partial charge on any atom is 0.195 e. The minimum Gasteiger partial charge on any atom is -0.440 e. The molecule has 0 atom stereocenters. The summed E-state index contributed by atoms with van der Waals surface area (Å²) >= 11 is 0. The Morgan fingerprint density at radius 3 is 2.10 bits per heavy atom. The Labute approximate surface area is 124 Å². The Bertz CT molecular complexity index is 633. The molecular formula is C18H18N2O. The number of rotatable bonds is 5. The van der Waals surface area contributed by atoms with E-state index < -0.39 is 0 Å². The van der Waals surface area contributed by atoms with Crippen molar-refractivity contribution in [3.05, 3.63) is 66.6 Å². The summed E-state index contributed by atoms with van der Waals surface area (Å²) in [7, 11) is 0. The summed E-state index contributed by atoms with van der Waals surface area (Å²) in [5.41, 5.74) is 8.58. The van der Waals surface area contributed by atoms with Gasteiger partial charge in [-0.2, -0.15) is 0 Å². The van der Waals surface area contributed by atoms with Crippen LogP contribution in [0.15, 0.2) is 65.1 Å². The summed E-state index contributed by atoms with van der Waals surface area (Å²) in [6.45, 7) is 0.643. The van der Waals surface area contributed by atoms with Gasteiger partial charge in [0.25, 0.3) is 0 Å². The van der Waals surface area contributed by atoms with Crippen molar-refractivity contribution >= 4 is 0 Å². The summed E-state index contributed by atoms with van der Waals surface area (Å²) in [6.07, 6.45) is 1.64. The third-order valence-electron chi connectivity index (χ3n) is 3.35. The van der Waals surface area contributed by atoms with Gasteiger partial charge in [0.05, 0.1) is 0 Å². The molecule has 2 N–H and O–H groups in total. The summed E-state index contributed by atoms with van der Waals surface area (Å²) in [5.74, 6) is 1.58. The lowest BCUT2D eigenvalue weighted by molar-refractivity contribution is 0.499. The first-order valence-corrected chi connectivity index (χ1v) is 7.19. The summed E-state index contributed by atoms with van der Waals surface area (Å²) in [5, 5.41) is 0. The van der Waals surface area contributed by atoms with E-state index in [0.717, 1.165) is 41.3 Å². The smallest absolute Gasteiger partial charge is 0.195 e. The van der Waals surface area contributed by atoms with Crippen LogP contribution in [0, 0.1) is 0 Å². The minimum absolute atomic E-state index is 0.643. The molecule has 21 heavy (non-hydrogen) atoms. The molecule has 0 saturated heterocycles. The van der Waals surface area contributed by atoms with E-state index in [0.29, 0.717) is 6.54 Å². The van der Waals surface area contributed by atoms with Crippen LogP contribution in [0.3, 0.4) is 0 Å². The maximum absolute atomic E-state index is 5.99. The van der Waals surface area contributed by atoms with Crippen LogP contribution in [0.25, 0.3) is 22.6 Å². The molecule has 0 radical (unpaired) electrons.